The summed E-state index contributed by atoms with van der Waals surface area (Å²) < 4.78 is 0.912. The van der Waals surface area contributed by atoms with Crippen molar-refractivity contribution in [2.24, 2.45) is 0 Å². The summed E-state index contributed by atoms with van der Waals surface area (Å²) in [5, 5.41) is 16.2. The molecule has 1 aromatic heterocycles. The number of nitrogens with zero attached hydrogens (tertiary/aromatic N) is 3. The van der Waals surface area contributed by atoms with Crippen LogP contribution in [0.15, 0.2) is 23.0 Å². The molecule has 0 bridgehead atoms. The second-order valence-electron chi connectivity index (χ2n) is 2.45. The molecule has 0 fully saturated rings. The Labute approximate surface area is 86.1 Å². The molecule has 6 heteroatoms. The van der Waals surface area contributed by atoms with Gasteiger partial charge in [0.1, 0.15) is 5.52 Å². The van der Waals surface area contributed by atoms with Crippen molar-refractivity contribution in [3.05, 3.63) is 32.1 Å². The van der Waals surface area contributed by atoms with Gasteiger partial charge in [0.05, 0.1) is 5.39 Å². The molecule has 0 aliphatic heterocycles. The predicted octanol–water partition coefficient (Wildman–Crippen LogP) is 0.633. The standard InChI is InChI=1S/C7H4IN3O2/c8-4-1-2-6-5(3-4)7(12)11(13)10-9-6/h1-3,13H. The van der Waals surface area contributed by atoms with Crippen molar-refractivity contribution in [3.63, 3.8) is 0 Å². The first-order chi connectivity index (χ1) is 6.18. The third-order valence-corrected chi connectivity index (χ3v) is 2.28. The Morgan fingerprint density at radius 1 is 1.46 bits per heavy atom. The minimum atomic E-state index is -0.552. The molecule has 0 amide bonds. The molecule has 0 saturated heterocycles. The SMILES string of the molecule is O=c1c2cc(I)ccc2nnn1O. The monoisotopic (exact) mass is 289 g/mol. The van der Waals surface area contributed by atoms with Crippen LogP contribution in [-0.2, 0) is 0 Å². The van der Waals surface area contributed by atoms with Crippen LogP contribution in [0.3, 0.4) is 0 Å². The number of hydrogen-bond acceptors (Lipinski definition) is 4. The normalized spacial score (nSPS) is 10.5. The zero-order valence-electron chi connectivity index (χ0n) is 6.31. The molecule has 5 nitrogen and oxygen atoms in total. The van der Waals surface area contributed by atoms with Gasteiger partial charge < -0.3 is 5.21 Å². The molecule has 13 heavy (non-hydrogen) atoms. The highest BCUT2D eigenvalue weighted by atomic mass is 127. The number of fused-ring (bicyclic) bond motifs is 1. The van der Waals surface area contributed by atoms with E-state index >= 15 is 0 Å². The zero-order valence-corrected chi connectivity index (χ0v) is 8.46. The molecule has 2 rings (SSSR count). The van der Waals surface area contributed by atoms with Crippen LogP contribution in [0.1, 0.15) is 0 Å². The van der Waals surface area contributed by atoms with Crippen LogP contribution in [0.5, 0.6) is 0 Å². The largest absolute Gasteiger partial charge is 0.407 e. The van der Waals surface area contributed by atoms with E-state index in [1.54, 1.807) is 12.1 Å². The summed E-state index contributed by atoms with van der Waals surface area (Å²) in [5.41, 5.74) is -0.0702. The van der Waals surface area contributed by atoms with E-state index in [-0.39, 0.29) is 4.85 Å². The highest BCUT2D eigenvalue weighted by Gasteiger charge is 2.03. The quantitative estimate of drug-likeness (QED) is 0.570. The van der Waals surface area contributed by atoms with Crippen molar-refractivity contribution < 1.29 is 5.21 Å². The van der Waals surface area contributed by atoms with Gasteiger partial charge in [-0.1, -0.05) is 0 Å². The Morgan fingerprint density at radius 3 is 3.00 bits per heavy atom. The van der Waals surface area contributed by atoms with Crippen LogP contribution < -0.4 is 5.56 Å². The number of aromatic nitrogens is 3. The van der Waals surface area contributed by atoms with Gasteiger partial charge in [-0.05, 0) is 50.8 Å². The Balaban J connectivity index is 2.97. The van der Waals surface area contributed by atoms with Crippen LogP contribution in [0.25, 0.3) is 10.9 Å². The minimum absolute atomic E-state index is 0.235. The summed E-state index contributed by atoms with van der Waals surface area (Å²) in [6.45, 7) is 0. The second-order valence-corrected chi connectivity index (χ2v) is 3.69. The first kappa shape index (κ1) is 8.42. The van der Waals surface area contributed by atoms with E-state index in [9.17, 15) is 4.79 Å². The third kappa shape index (κ3) is 1.37. The Bertz CT molecular complexity index is 517. The molecule has 1 aromatic carbocycles. The fourth-order valence-corrected chi connectivity index (χ4v) is 1.50. The van der Waals surface area contributed by atoms with Crippen molar-refractivity contribution in [2.45, 2.75) is 0 Å². The molecule has 0 spiro atoms. The first-order valence-electron chi connectivity index (χ1n) is 3.43. The van der Waals surface area contributed by atoms with Gasteiger partial charge >= 0.3 is 5.56 Å². The number of halogens is 1. The molecule has 0 unspecified atom stereocenters. The van der Waals surface area contributed by atoms with Crippen molar-refractivity contribution in [2.75, 3.05) is 0 Å². The minimum Gasteiger partial charge on any atom is -0.407 e. The van der Waals surface area contributed by atoms with Crippen LogP contribution in [-0.4, -0.2) is 20.4 Å². The Kier molecular flexibility index (Phi) is 1.91. The van der Waals surface area contributed by atoms with E-state index in [2.05, 4.69) is 32.9 Å². The van der Waals surface area contributed by atoms with Crippen molar-refractivity contribution in [3.8, 4) is 0 Å². The Morgan fingerprint density at radius 2 is 2.23 bits per heavy atom. The molecule has 1 heterocycles. The maximum Gasteiger partial charge on any atom is 0.314 e. The second kappa shape index (κ2) is 2.95. The number of hydrogen-bond donors (Lipinski definition) is 1. The van der Waals surface area contributed by atoms with Crippen LogP contribution in [0.2, 0.25) is 0 Å². The molecule has 0 aliphatic rings. The number of benzene rings is 1. The Hall–Kier alpha value is -1.18. The molecular weight excluding hydrogens is 285 g/mol. The molecule has 0 aliphatic carbocycles. The molecule has 1 N–H and O–H groups in total. The molecule has 66 valence electrons. The molecular formula is C7H4IN3O2. The lowest BCUT2D eigenvalue weighted by molar-refractivity contribution is 0.127. The van der Waals surface area contributed by atoms with Gasteiger partial charge in [0.2, 0.25) is 0 Å². The fraction of sp³-hybridized carbons (Fsp3) is 0. The average Bonchev–Trinajstić information content (AvgIpc) is 2.12. The van der Waals surface area contributed by atoms with Crippen LogP contribution in [0.4, 0.5) is 0 Å². The van der Waals surface area contributed by atoms with Gasteiger partial charge in [-0.3, -0.25) is 4.79 Å². The van der Waals surface area contributed by atoms with Crippen molar-refractivity contribution in [1.82, 2.24) is 15.2 Å². The molecule has 2 aromatic rings. The first-order valence-corrected chi connectivity index (χ1v) is 4.51. The summed E-state index contributed by atoms with van der Waals surface area (Å²) in [6, 6.07) is 5.16. The van der Waals surface area contributed by atoms with E-state index in [4.69, 9.17) is 5.21 Å². The van der Waals surface area contributed by atoms with Crippen molar-refractivity contribution >= 4 is 33.5 Å². The topological polar surface area (TPSA) is 68.0 Å². The molecule has 0 atom stereocenters. The van der Waals surface area contributed by atoms with E-state index in [0.29, 0.717) is 10.9 Å². The van der Waals surface area contributed by atoms with E-state index in [1.807, 2.05) is 6.07 Å². The van der Waals surface area contributed by atoms with Gasteiger partial charge in [0.15, 0.2) is 0 Å². The smallest absolute Gasteiger partial charge is 0.314 e. The van der Waals surface area contributed by atoms with Gasteiger partial charge in [0.25, 0.3) is 0 Å². The van der Waals surface area contributed by atoms with Crippen LogP contribution >= 0.6 is 22.6 Å². The summed E-state index contributed by atoms with van der Waals surface area (Å²) >= 11 is 2.08. The highest BCUT2D eigenvalue weighted by Crippen LogP contribution is 2.10. The maximum atomic E-state index is 11.3. The lowest BCUT2D eigenvalue weighted by atomic mass is 10.2. The van der Waals surface area contributed by atoms with E-state index < -0.39 is 5.56 Å². The van der Waals surface area contributed by atoms with Gasteiger partial charge in [-0.2, -0.15) is 0 Å². The van der Waals surface area contributed by atoms with Gasteiger partial charge in [0, 0.05) is 3.57 Å². The lowest BCUT2D eigenvalue weighted by Crippen LogP contribution is -2.21. The summed E-state index contributed by atoms with van der Waals surface area (Å²) in [5.74, 6) is 0. The fourth-order valence-electron chi connectivity index (χ4n) is 1.01. The lowest BCUT2D eigenvalue weighted by Gasteiger charge is -1.96. The summed E-state index contributed by atoms with van der Waals surface area (Å²) in [4.78, 5) is 11.5. The van der Waals surface area contributed by atoms with E-state index in [1.165, 1.54) is 0 Å². The maximum absolute atomic E-state index is 11.3. The summed E-state index contributed by atoms with van der Waals surface area (Å²) in [7, 11) is 0. The van der Waals surface area contributed by atoms with Crippen molar-refractivity contribution in [1.29, 1.82) is 0 Å². The highest BCUT2D eigenvalue weighted by molar-refractivity contribution is 14.1. The van der Waals surface area contributed by atoms with Crippen LogP contribution in [0, 0.1) is 3.57 Å². The zero-order chi connectivity index (χ0) is 9.42. The van der Waals surface area contributed by atoms with Gasteiger partial charge in [-0.25, -0.2) is 0 Å². The molecule has 0 saturated carbocycles. The summed E-state index contributed by atoms with van der Waals surface area (Å²) in [6.07, 6.45) is 0. The number of rotatable bonds is 0. The predicted molar refractivity (Wildman–Crippen MR) is 53.7 cm³/mol. The molecule has 0 radical (unpaired) electrons. The third-order valence-electron chi connectivity index (χ3n) is 1.61. The van der Waals surface area contributed by atoms with E-state index in [0.717, 1.165) is 3.57 Å². The average molecular weight is 289 g/mol. The van der Waals surface area contributed by atoms with Gasteiger partial charge in [-0.15, -0.1) is 5.10 Å².